The fourth-order valence-corrected chi connectivity index (χ4v) is 7.90. The maximum absolute atomic E-state index is 12.9. The Bertz CT molecular complexity index is 927. The van der Waals surface area contributed by atoms with Crippen molar-refractivity contribution in [2.75, 3.05) is 40.9 Å². The molecule has 1 amide bonds. The molecule has 9 heteroatoms. The Morgan fingerprint density at radius 1 is 0.589 bits per heavy atom. The minimum atomic E-state index is -4.33. The molecular weight excluding hydrogens is 719 g/mol. The summed E-state index contributed by atoms with van der Waals surface area (Å²) in [5.41, 5.74) is 0. The highest BCUT2D eigenvalue weighted by molar-refractivity contribution is 7.47. The Morgan fingerprint density at radius 2 is 0.946 bits per heavy atom. The second kappa shape index (κ2) is 39.7. The van der Waals surface area contributed by atoms with Crippen molar-refractivity contribution in [3.8, 4) is 0 Å². The lowest BCUT2D eigenvalue weighted by atomic mass is 10.0. The molecule has 0 heterocycles. The number of aliphatic hydroxyl groups excluding tert-OH is 1. The third-order valence-electron chi connectivity index (χ3n) is 11.0. The molecule has 8 nitrogen and oxygen atoms in total. The van der Waals surface area contributed by atoms with Crippen molar-refractivity contribution in [1.82, 2.24) is 5.32 Å². The first-order valence-electron chi connectivity index (χ1n) is 24.1. The van der Waals surface area contributed by atoms with Gasteiger partial charge in [-0.1, -0.05) is 219 Å². The summed E-state index contributed by atoms with van der Waals surface area (Å²) >= 11 is 0. The van der Waals surface area contributed by atoms with E-state index in [1.54, 1.807) is 6.08 Å². The summed E-state index contributed by atoms with van der Waals surface area (Å²) in [7, 11) is 1.58. The molecule has 0 aromatic heterocycles. The van der Waals surface area contributed by atoms with E-state index >= 15 is 0 Å². The number of amides is 1. The first-order valence-corrected chi connectivity index (χ1v) is 25.6. The maximum Gasteiger partial charge on any atom is 0.472 e. The standard InChI is InChI=1S/C47H95N2O6P/c1-6-8-10-12-14-16-18-20-21-22-23-24-25-26-27-29-30-32-34-36-38-40-46(50)45(44-55-56(52,53)54-43-42-49(3,4)5)48-47(51)41-39-37-35-33-31-28-19-17-15-13-11-9-7-2/h38,40,45-46,50H,6-37,39,41-44H2,1-5H3,(H-,48,51,52,53)/p+1/b40-38+. The van der Waals surface area contributed by atoms with Crippen molar-refractivity contribution >= 4 is 13.7 Å². The molecule has 0 aliphatic heterocycles. The number of rotatable bonds is 44. The van der Waals surface area contributed by atoms with Gasteiger partial charge in [-0.15, -0.1) is 0 Å². The number of phosphoric acid groups is 1. The summed E-state index contributed by atoms with van der Waals surface area (Å²) in [5.74, 6) is -0.174. The quantitative estimate of drug-likeness (QED) is 0.0245. The molecule has 0 radical (unpaired) electrons. The predicted molar refractivity (Wildman–Crippen MR) is 240 cm³/mol. The third-order valence-corrected chi connectivity index (χ3v) is 12.0. The van der Waals surface area contributed by atoms with Gasteiger partial charge in [0.15, 0.2) is 0 Å². The number of hydrogen-bond acceptors (Lipinski definition) is 5. The van der Waals surface area contributed by atoms with Gasteiger partial charge in [-0.25, -0.2) is 4.57 Å². The van der Waals surface area contributed by atoms with Gasteiger partial charge in [0, 0.05) is 6.42 Å². The maximum atomic E-state index is 12.9. The highest BCUT2D eigenvalue weighted by Gasteiger charge is 2.27. The number of aliphatic hydroxyl groups is 1. The van der Waals surface area contributed by atoms with Gasteiger partial charge in [-0.2, -0.15) is 0 Å². The van der Waals surface area contributed by atoms with Crippen molar-refractivity contribution < 1.29 is 32.9 Å². The predicted octanol–water partition coefficient (Wildman–Crippen LogP) is 13.5. The van der Waals surface area contributed by atoms with E-state index in [1.165, 1.54) is 180 Å². The summed E-state index contributed by atoms with van der Waals surface area (Å²) in [6.07, 6.45) is 45.7. The van der Waals surface area contributed by atoms with Crippen LogP contribution < -0.4 is 5.32 Å². The summed E-state index contributed by atoms with van der Waals surface area (Å²) in [6, 6.07) is -0.840. The molecule has 0 spiro atoms. The number of phosphoric ester groups is 1. The van der Waals surface area contributed by atoms with E-state index in [1.807, 2.05) is 27.2 Å². The minimum Gasteiger partial charge on any atom is -0.387 e. The average molecular weight is 816 g/mol. The Morgan fingerprint density at radius 3 is 1.32 bits per heavy atom. The van der Waals surface area contributed by atoms with Gasteiger partial charge in [-0.3, -0.25) is 13.8 Å². The van der Waals surface area contributed by atoms with Gasteiger partial charge in [0.1, 0.15) is 13.2 Å². The molecule has 3 N–H and O–H groups in total. The largest absolute Gasteiger partial charge is 0.472 e. The van der Waals surface area contributed by atoms with Crippen LogP contribution in [-0.2, 0) is 18.4 Å². The fraction of sp³-hybridized carbons (Fsp3) is 0.936. The molecular formula is C47H96N2O6P+. The van der Waals surface area contributed by atoms with Crippen LogP contribution in [0.1, 0.15) is 232 Å². The zero-order chi connectivity index (χ0) is 41.4. The van der Waals surface area contributed by atoms with Crippen LogP contribution in [0.5, 0.6) is 0 Å². The Balaban J connectivity index is 4.31. The van der Waals surface area contributed by atoms with Crippen LogP contribution in [-0.4, -0.2) is 73.4 Å². The van der Waals surface area contributed by atoms with E-state index in [9.17, 15) is 19.4 Å². The molecule has 0 saturated carbocycles. The van der Waals surface area contributed by atoms with Gasteiger partial charge in [0.05, 0.1) is 39.9 Å². The SMILES string of the molecule is CCCCCCCCCCCCCCCCCCCCC/C=C/C(O)C(COP(=O)(O)OCC[N+](C)(C)C)NC(=O)CCCCCCCCCCCCCCC. The smallest absolute Gasteiger partial charge is 0.387 e. The molecule has 3 atom stereocenters. The number of hydrogen-bond donors (Lipinski definition) is 3. The summed E-state index contributed by atoms with van der Waals surface area (Å²) in [6.45, 7) is 4.83. The van der Waals surface area contributed by atoms with Crippen molar-refractivity contribution in [2.45, 2.75) is 244 Å². The number of quaternary nitrogens is 1. The molecule has 0 bridgehead atoms. The van der Waals surface area contributed by atoms with Crippen LogP contribution >= 0.6 is 7.82 Å². The number of nitrogens with zero attached hydrogens (tertiary/aromatic N) is 1. The number of carbonyl (C=O) groups excluding carboxylic acids is 1. The first-order chi connectivity index (χ1) is 27.0. The molecule has 0 saturated heterocycles. The van der Waals surface area contributed by atoms with E-state index in [4.69, 9.17) is 9.05 Å². The molecule has 0 aromatic carbocycles. The molecule has 0 aromatic rings. The zero-order valence-electron chi connectivity index (χ0n) is 37.9. The first kappa shape index (κ1) is 55.2. The van der Waals surface area contributed by atoms with Crippen LogP contribution in [0.2, 0.25) is 0 Å². The number of nitrogens with one attached hydrogen (secondary N) is 1. The minimum absolute atomic E-state index is 0.0647. The van der Waals surface area contributed by atoms with Crippen LogP contribution in [0, 0.1) is 0 Å². The Hall–Kier alpha value is -0.760. The molecule has 0 rings (SSSR count). The van der Waals surface area contributed by atoms with Crippen molar-refractivity contribution in [3.05, 3.63) is 12.2 Å². The number of carbonyl (C=O) groups is 1. The van der Waals surface area contributed by atoms with Gasteiger partial charge in [0.2, 0.25) is 5.91 Å². The lowest BCUT2D eigenvalue weighted by Crippen LogP contribution is -2.45. The highest BCUT2D eigenvalue weighted by Crippen LogP contribution is 2.43. The van der Waals surface area contributed by atoms with E-state index in [2.05, 4.69) is 19.2 Å². The lowest BCUT2D eigenvalue weighted by molar-refractivity contribution is -0.870. The molecule has 56 heavy (non-hydrogen) atoms. The summed E-state index contributed by atoms with van der Waals surface area (Å²) in [4.78, 5) is 23.1. The molecule has 0 fully saturated rings. The molecule has 334 valence electrons. The van der Waals surface area contributed by atoms with Crippen molar-refractivity contribution in [2.24, 2.45) is 0 Å². The second-order valence-corrected chi connectivity index (χ2v) is 19.3. The Kier molecular flexibility index (Phi) is 39.1. The van der Waals surface area contributed by atoms with Crippen LogP contribution in [0.15, 0.2) is 12.2 Å². The number of allylic oxidation sites excluding steroid dienone is 1. The number of unbranched alkanes of at least 4 members (excludes halogenated alkanes) is 31. The van der Waals surface area contributed by atoms with Gasteiger partial charge in [0.25, 0.3) is 0 Å². The normalized spacial score (nSPS) is 14.3. The lowest BCUT2D eigenvalue weighted by Gasteiger charge is -2.25. The van der Waals surface area contributed by atoms with Crippen LogP contribution in [0.4, 0.5) is 0 Å². The second-order valence-electron chi connectivity index (χ2n) is 17.8. The monoisotopic (exact) mass is 816 g/mol. The topological polar surface area (TPSA) is 105 Å². The van der Waals surface area contributed by atoms with Crippen molar-refractivity contribution in [3.63, 3.8) is 0 Å². The summed E-state index contributed by atoms with van der Waals surface area (Å²) < 4.78 is 23.6. The average Bonchev–Trinajstić information content (AvgIpc) is 3.15. The van der Waals surface area contributed by atoms with E-state index in [0.717, 1.165) is 32.1 Å². The van der Waals surface area contributed by atoms with Crippen molar-refractivity contribution in [1.29, 1.82) is 0 Å². The Labute approximate surface area is 348 Å². The molecule has 3 unspecified atom stereocenters. The van der Waals surface area contributed by atoms with E-state index < -0.39 is 20.0 Å². The molecule has 0 aliphatic rings. The fourth-order valence-electron chi connectivity index (χ4n) is 7.16. The van der Waals surface area contributed by atoms with E-state index in [-0.39, 0.29) is 19.1 Å². The van der Waals surface area contributed by atoms with Gasteiger partial charge < -0.3 is 19.8 Å². The molecule has 0 aliphatic carbocycles. The number of likely N-dealkylation sites (N-methyl/N-ethyl adjacent to an activating group) is 1. The van der Waals surface area contributed by atoms with Crippen LogP contribution in [0.25, 0.3) is 0 Å². The van der Waals surface area contributed by atoms with E-state index in [0.29, 0.717) is 17.4 Å². The van der Waals surface area contributed by atoms with Crippen LogP contribution in [0.3, 0.4) is 0 Å². The third kappa shape index (κ3) is 41.4. The van der Waals surface area contributed by atoms with Gasteiger partial charge >= 0.3 is 7.82 Å². The summed E-state index contributed by atoms with van der Waals surface area (Å²) in [5, 5.41) is 13.9. The highest BCUT2D eigenvalue weighted by atomic mass is 31.2. The zero-order valence-corrected chi connectivity index (χ0v) is 38.8. The van der Waals surface area contributed by atoms with Gasteiger partial charge in [-0.05, 0) is 19.3 Å².